The molecule has 0 bridgehead atoms. The average Bonchev–Trinajstić information content (AvgIpc) is 2.03. The lowest BCUT2D eigenvalue weighted by molar-refractivity contribution is 0.593. The van der Waals surface area contributed by atoms with Crippen molar-refractivity contribution in [2.24, 2.45) is 5.14 Å². The van der Waals surface area contributed by atoms with Gasteiger partial charge in [-0.05, 0) is 0 Å². The quantitative estimate of drug-likeness (QED) is 0.601. The Labute approximate surface area is 68.7 Å². The van der Waals surface area contributed by atoms with Crippen LogP contribution in [0, 0.1) is 11.3 Å². The molecule has 62 valence electrons. The number of primary sulfonamides is 1. The van der Waals surface area contributed by atoms with Gasteiger partial charge in [0.2, 0.25) is 5.03 Å². The third kappa shape index (κ3) is 1.55. The van der Waals surface area contributed by atoms with Crippen LogP contribution < -0.4 is 5.14 Å². The smallest absolute Gasteiger partial charge is 0.241 e. The van der Waals surface area contributed by atoms with Crippen molar-refractivity contribution in [1.29, 1.82) is 5.26 Å². The van der Waals surface area contributed by atoms with Crippen molar-refractivity contribution < 1.29 is 8.42 Å². The van der Waals surface area contributed by atoms with Crippen molar-refractivity contribution in [3.63, 3.8) is 0 Å². The fourth-order valence-corrected chi connectivity index (χ4v) is 1.19. The van der Waals surface area contributed by atoms with Crippen LogP contribution in [0.4, 0.5) is 0 Å². The van der Waals surface area contributed by atoms with Crippen LogP contribution in [0.25, 0.3) is 0 Å². The number of hydrogen-bond donors (Lipinski definition) is 1. The Bertz CT molecular complexity index is 433. The molecule has 0 saturated heterocycles. The summed E-state index contributed by atoms with van der Waals surface area (Å²) in [6, 6.07) is 1.57. The van der Waals surface area contributed by atoms with Gasteiger partial charge in [-0.2, -0.15) is 5.26 Å². The molecule has 12 heavy (non-hydrogen) atoms. The van der Waals surface area contributed by atoms with Gasteiger partial charge in [0, 0.05) is 12.4 Å². The molecule has 0 atom stereocenters. The van der Waals surface area contributed by atoms with Gasteiger partial charge in [-0.25, -0.2) is 23.5 Å². The van der Waals surface area contributed by atoms with E-state index in [1.54, 1.807) is 6.07 Å². The van der Waals surface area contributed by atoms with Crippen molar-refractivity contribution in [2.75, 3.05) is 0 Å². The van der Waals surface area contributed by atoms with Gasteiger partial charge >= 0.3 is 0 Å². The van der Waals surface area contributed by atoms with Crippen LogP contribution in [0.2, 0.25) is 0 Å². The Morgan fingerprint density at radius 2 is 2.00 bits per heavy atom. The first-order valence-electron chi connectivity index (χ1n) is 2.79. The van der Waals surface area contributed by atoms with E-state index < -0.39 is 15.0 Å². The molecule has 7 heteroatoms. The fourth-order valence-electron chi connectivity index (χ4n) is 0.610. The highest BCUT2D eigenvalue weighted by Gasteiger charge is 2.15. The van der Waals surface area contributed by atoms with E-state index in [0.717, 1.165) is 6.20 Å². The van der Waals surface area contributed by atoms with Crippen LogP contribution in [0.1, 0.15) is 5.69 Å². The maximum atomic E-state index is 10.7. The SMILES string of the molecule is N#Cc1nccnc1S(N)(=O)=O. The van der Waals surface area contributed by atoms with Gasteiger partial charge < -0.3 is 0 Å². The molecule has 0 aromatic carbocycles. The first-order chi connectivity index (χ1) is 5.55. The molecule has 0 amide bonds. The molecule has 2 N–H and O–H groups in total. The van der Waals surface area contributed by atoms with Gasteiger partial charge in [0.05, 0.1) is 0 Å². The van der Waals surface area contributed by atoms with E-state index in [4.69, 9.17) is 10.4 Å². The number of sulfonamides is 1. The van der Waals surface area contributed by atoms with Crippen LogP contribution in [0.5, 0.6) is 0 Å². The summed E-state index contributed by atoms with van der Waals surface area (Å²) in [6.07, 6.45) is 2.37. The summed E-state index contributed by atoms with van der Waals surface area (Å²) in [5.41, 5.74) is -0.292. The van der Waals surface area contributed by atoms with Crippen molar-refractivity contribution >= 4 is 10.0 Å². The monoisotopic (exact) mass is 184 g/mol. The lowest BCUT2D eigenvalue weighted by Gasteiger charge is -1.95. The summed E-state index contributed by atoms with van der Waals surface area (Å²) < 4.78 is 21.5. The number of aromatic nitrogens is 2. The van der Waals surface area contributed by atoms with Crippen molar-refractivity contribution in [3.05, 3.63) is 18.1 Å². The molecule has 0 aliphatic heterocycles. The summed E-state index contributed by atoms with van der Waals surface area (Å²) >= 11 is 0. The Morgan fingerprint density at radius 3 is 2.42 bits per heavy atom. The Hall–Kier alpha value is -1.52. The molecule has 0 fully saturated rings. The largest absolute Gasteiger partial charge is 0.258 e. The fraction of sp³-hybridized carbons (Fsp3) is 0. The minimum absolute atomic E-state index is 0.292. The third-order valence-electron chi connectivity index (χ3n) is 1.04. The van der Waals surface area contributed by atoms with E-state index in [-0.39, 0.29) is 5.69 Å². The average molecular weight is 184 g/mol. The van der Waals surface area contributed by atoms with E-state index in [1.807, 2.05) is 0 Å². The van der Waals surface area contributed by atoms with Gasteiger partial charge in [-0.1, -0.05) is 0 Å². The lowest BCUT2D eigenvalue weighted by atomic mass is 10.5. The Balaban J connectivity index is 3.47. The van der Waals surface area contributed by atoms with Gasteiger partial charge in [0.1, 0.15) is 6.07 Å². The van der Waals surface area contributed by atoms with Crippen molar-refractivity contribution in [2.45, 2.75) is 5.03 Å². The zero-order chi connectivity index (χ0) is 9.19. The lowest BCUT2D eigenvalue weighted by Crippen LogP contribution is -2.16. The predicted octanol–water partition coefficient (Wildman–Crippen LogP) is -1.00. The molecule has 0 radical (unpaired) electrons. The Morgan fingerprint density at radius 1 is 1.42 bits per heavy atom. The van der Waals surface area contributed by atoms with Gasteiger partial charge in [-0.3, -0.25) is 0 Å². The third-order valence-corrected chi connectivity index (χ3v) is 1.88. The van der Waals surface area contributed by atoms with Crippen molar-refractivity contribution in [3.8, 4) is 6.07 Å². The first kappa shape index (κ1) is 8.58. The molecule has 0 unspecified atom stereocenters. The number of hydrogen-bond acceptors (Lipinski definition) is 5. The molecule has 0 spiro atoms. The zero-order valence-corrected chi connectivity index (χ0v) is 6.61. The minimum Gasteiger partial charge on any atom is -0.241 e. The van der Waals surface area contributed by atoms with Crippen LogP contribution >= 0.6 is 0 Å². The Kier molecular flexibility index (Phi) is 2.03. The van der Waals surface area contributed by atoms with E-state index in [9.17, 15) is 8.42 Å². The molecule has 1 aromatic heterocycles. The molecule has 1 rings (SSSR count). The molecular formula is C5H4N4O2S. The molecule has 6 nitrogen and oxygen atoms in total. The second kappa shape index (κ2) is 2.84. The highest BCUT2D eigenvalue weighted by molar-refractivity contribution is 7.89. The normalized spacial score (nSPS) is 10.7. The topological polar surface area (TPSA) is 110 Å². The summed E-state index contributed by atoms with van der Waals surface area (Å²) in [4.78, 5) is 6.90. The van der Waals surface area contributed by atoms with Crippen LogP contribution in [0.15, 0.2) is 17.4 Å². The second-order valence-electron chi connectivity index (χ2n) is 1.87. The second-order valence-corrected chi connectivity index (χ2v) is 3.34. The van der Waals surface area contributed by atoms with Gasteiger partial charge in [0.25, 0.3) is 10.0 Å². The standard InChI is InChI=1S/C5H4N4O2S/c6-3-4-5(12(7,10)11)9-2-1-8-4/h1-2H,(H2,7,10,11). The van der Waals surface area contributed by atoms with Gasteiger partial charge in [-0.15, -0.1) is 0 Å². The summed E-state index contributed by atoms with van der Waals surface area (Å²) in [7, 11) is -3.94. The van der Waals surface area contributed by atoms with E-state index in [1.165, 1.54) is 6.20 Å². The van der Waals surface area contributed by atoms with Crippen LogP contribution in [-0.4, -0.2) is 18.4 Å². The first-order valence-corrected chi connectivity index (χ1v) is 4.34. The maximum absolute atomic E-state index is 10.7. The van der Waals surface area contributed by atoms with E-state index in [0.29, 0.717) is 0 Å². The van der Waals surface area contributed by atoms with Crippen LogP contribution in [-0.2, 0) is 10.0 Å². The molecule has 0 saturated carbocycles. The number of nitriles is 1. The summed E-state index contributed by atoms with van der Waals surface area (Å²) in [5.74, 6) is 0. The molecule has 0 aliphatic carbocycles. The number of rotatable bonds is 1. The number of nitrogens with two attached hydrogens (primary N) is 1. The van der Waals surface area contributed by atoms with Crippen molar-refractivity contribution in [1.82, 2.24) is 9.97 Å². The van der Waals surface area contributed by atoms with E-state index >= 15 is 0 Å². The highest BCUT2D eigenvalue weighted by atomic mass is 32.2. The predicted molar refractivity (Wildman–Crippen MR) is 38.1 cm³/mol. The molecule has 0 aliphatic rings. The maximum Gasteiger partial charge on any atom is 0.258 e. The molecule has 1 heterocycles. The minimum atomic E-state index is -3.94. The highest BCUT2D eigenvalue weighted by Crippen LogP contribution is 2.04. The van der Waals surface area contributed by atoms with Crippen LogP contribution in [0.3, 0.4) is 0 Å². The molecule has 1 aromatic rings. The summed E-state index contributed by atoms with van der Waals surface area (Å²) in [5, 5.41) is 12.7. The number of nitrogens with zero attached hydrogens (tertiary/aromatic N) is 3. The zero-order valence-electron chi connectivity index (χ0n) is 5.80. The van der Waals surface area contributed by atoms with Gasteiger partial charge in [0.15, 0.2) is 5.69 Å². The molecular weight excluding hydrogens is 180 g/mol. The van der Waals surface area contributed by atoms with E-state index in [2.05, 4.69) is 9.97 Å². The summed E-state index contributed by atoms with van der Waals surface area (Å²) in [6.45, 7) is 0.